The highest BCUT2D eigenvalue weighted by molar-refractivity contribution is 5.90. The van der Waals surface area contributed by atoms with Crippen LogP contribution in [0.4, 0.5) is 5.95 Å². The van der Waals surface area contributed by atoms with E-state index in [2.05, 4.69) is 22.2 Å². The van der Waals surface area contributed by atoms with Crippen LogP contribution in [0, 0.1) is 12.3 Å². The number of aromatic nitrogens is 2. The Bertz CT molecular complexity index is 470. The largest absolute Gasteiger partial charge is 0.462 e. The Morgan fingerprint density at radius 1 is 1.53 bits per heavy atom. The summed E-state index contributed by atoms with van der Waals surface area (Å²) in [4.78, 5) is 20.1. The highest BCUT2D eigenvalue weighted by Crippen LogP contribution is 2.39. The fraction of sp³-hybridized carbons (Fsp3) is 0.643. The minimum absolute atomic E-state index is 0.358. The maximum atomic E-state index is 11.6. The molecule has 0 unspecified atom stereocenters. The van der Waals surface area contributed by atoms with Crippen LogP contribution in [0.1, 0.15) is 49.2 Å². The van der Waals surface area contributed by atoms with Crippen molar-refractivity contribution in [3.05, 3.63) is 17.5 Å². The molecule has 19 heavy (non-hydrogen) atoms. The zero-order chi connectivity index (χ0) is 13.9. The first-order valence-corrected chi connectivity index (χ1v) is 6.79. The Morgan fingerprint density at radius 3 is 2.79 bits per heavy atom. The van der Waals surface area contributed by atoms with Crippen LogP contribution in [-0.4, -0.2) is 29.1 Å². The Kier molecular flexibility index (Phi) is 4.02. The van der Waals surface area contributed by atoms with Crippen LogP contribution in [0.5, 0.6) is 0 Å². The summed E-state index contributed by atoms with van der Waals surface area (Å²) in [6.07, 6.45) is 5.34. The monoisotopic (exact) mass is 263 g/mol. The molecule has 0 radical (unpaired) electrons. The number of hydrogen-bond donors (Lipinski definition) is 1. The van der Waals surface area contributed by atoms with Crippen LogP contribution in [0.2, 0.25) is 0 Å². The highest BCUT2D eigenvalue weighted by Gasteiger charge is 2.31. The van der Waals surface area contributed by atoms with Gasteiger partial charge in [-0.1, -0.05) is 13.3 Å². The van der Waals surface area contributed by atoms with Crippen molar-refractivity contribution in [2.75, 3.05) is 18.5 Å². The van der Waals surface area contributed by atoms with Crippen LogP contribution in [0.3, 0.4) is 0 Å². The number of aryl methyl sites for hydroxylation is 1. The van der Waals surface area contributed by atoms with E-state index in [4.69, 9.17) is 4.74 Å². The van der Waals surface area contributed by atoms with Crippen LogP contribution in [-0.2, 0) is 4.74 Å². The lowest BCUT2D eigenvalue weighted by Crippen LogP contribution is -2.33. The third-order valence-corrected chi connectivity index (χ3v) is 3.71. The zero-order valence-electron chi connectivity index (χ0n) is 11.8. The van der Waals surface area contributed by atoms with E-state index in [-0.39, 0.29) is 5.97 Å². The zero-order valence-corrected chi connectivity index (χ0v) is 11.8. The summed E-state index contributed by atoms with van der Waals surface area (Å²) < 4.78 is 4.95. The standard InChI is InChI=1S/C14H21N3O2/c1-4-19-12(18)11-8-15-13(17-10(11)2)16-9-14(3)6-5-7-14/h8H,4-7,9H2,1-3H3,(H,15,16,17). The van der Waals surface area contributed by atoms with Gasteiger partial charge in [-0.15, -0.1) is 0 Å². The van der Waals surface area contributed by atoms with E-state index in [1.807, 2.05) is 0 Å². The van der Waals surface area contributed by atoms with E-state index in [9.17, 15) is 4.79 Å². The molecular weight excluding hydrogens is 242 g/mol. The van der Waals surface area contributed by atoms with Gasteiger partial charge < -0.3 is 10.1 Å². The van der Waals surface area contributed by atoms with E-state index < -0.39 is 0 Å². The van der Waals surface area contributed by atoms with Gasteiger partial charge in [0.1, 0.15) is 0 Å². The molecule has 1 aliphatic rings. The van der Waals surface area contributed by atoms with E-state index in [1.54, 1.807) is 13.8 Å². The molecule has 5 nitrogen and oxygen atoms in total. The summed E-state index contributed by atoms with van der Waals surface area (Å²) in [5.41, 5.74) is 1.45. The van der Waals surface area contributed by atoms with Gasteiger partial charge >= 0.3 is 5.97 Å². The molecule has 0 atom stereocenters. The van der Waals surface area contributed by atoms with Gasteiger partial charge in [0.2, 0.25) is 5.95 Å². The normalized spacial score (nSPS) is 16.6. The van der Waals surface area contributed by atoms with Crippen molar-refractivity contribution in [2.45, 2.75) is 40.0 Å². The Labute approximate surface area is 113 Å². The van der Waals surface area contributed by atoms with Crippen LogP contribution in [0.15, 0.2) is 6.20 Å². The van der Waals surface area contributed by atoms with Gasteiger partial charge in [-0.25, -0.2) is 14.8 Å². The molecule has 1 fully saturated rings. The van der Waals surface area contributed by atoms with Gasteiger partial charge in [0, 0.05) is 12.7 Å². The van der Waals surface area contributed by atoms with E-state index in [1.165, 1.54) is 25.5 Å². The van der Waals surface area contributed by atoms with Crippen molar-refractivity contribution in [1.29, 1.82) is 0 Å². The fourth-order valence-corrected chi connectivity index (χ4v) is 2.21. The van der Waals surface area contributed by atoms with E-state index >= 15 is 0 Å². The number of esters is 1. The molecule has 104 valence electrons. The lowest BCUT2D eigenvalue weighted by Gasteiger charge is -2.38. The minimum atomic E-state index is -0.363. The van der Waals surface area contributed by atoms with E-state index in [0.29, 0.717) is 29.2 Å². The van der Waals surface area contributed by atoms with Crippen molar-refractivity contribution in [3.8, 4) is 0 Å². The lowest BCUT2D eigenvalue weighted by molar-refractivity contribution is 0.0524. The number of anilines is 1. The number of nitrogens with zero attached hydrogens (tertiary/aromatic N) is 2. The molecule has 0 bridgehead atoms. The molecule has 5 heteroatoms. The summed E-state index contributed by atoms with van der Waals surface area (Å²) in [5, 5.41) is 3.25. The molecule has 0 saturated heterocycles. The van der Waals surface area contributed by atoms with E-state index in [0.717, 1.165) is 6.54 Å². The molecular formula is C14H21N3O2. The average Bonchev–Trinajstić information content (AvgIpc) is 2.34. The number of hydrogen-bond acceptors (Lipinski definition) is 5. The molecule has 0 spiro atoms. The Morgan fingerprint density at radius 2 is 2.26 bits per heavy atom. The maximum Gasteiger partial charge on any atom is 0.341 e. The smallest absolute Gasteiger partial charge is 0.341 e. The summed E-state index contributed by atoms with van der Waals surface area (Å²) in [7, 11) is 0. The number of rotatable bonds is 5. The second kappa shape index (κ2) is 5.55. The fourth-order valence-electron chi connectivity index (χ4n) is 2.21. The van der Waals surface area contributed by atoms with Gasteiger partial charge in [0.05, 0.1) is 17.9 Å². The van der Waals surface area contributed by atoms with Crippen molar-refractivity contribution in [3.63, 3.8) is 0 Å². The lowest BCUT2D eigenvalue weighted by atomic mass is 9.70. The van der Waals surface area contributed by atoms with Crippen LogP contribution in [0.25, 0.3) is 0 Å². The maximum absolute atomic E-state index is 11.6. The molecule has 0 aliphatic heterocycles. The highest BCUT2D eigenvalue weighted by atomic mass is 16.5. The van der Waals surface area contributed by atoms with Gasteiger partial charge in [0.15, 0.2) is 0 Å². The average molecular weight is 263 g/mol. The van der Waals surface area contributed by atoms with Gasteiger partial charge in [-0.3, -0.25) is 0 Å². The van der Waals surface area contributed by atoms with Crippen molar-refractivity contribution in [1.82, 2.24) is 9.97 Å². The third kappa shape index (κ3) is 3.22. The number of nitrogens with one attached hydrogen (secondary N) is 1. The van der Waals surface area contributed by atoms with Gasteiger partial charge in [-0.05, 0) is 32.1 Å². The quantitative estimate of drug-likeness (QED) is 0.827. The number of ether oxygens (including phenoxy) is 1. The minimum Gasteiger partial charge on any atom is -0.462 e. The molecule has 2 rings (SSSR count). The number of carbonyl (C=O) groups excluding carboxylic acids is 1. The molecule has 0 aromatic carbocycles. The van der Waals surface area contributed by atoms with Crippen LogP contribution < -0.4 is 5.32 Å². The molecule has 0 amide bonds. The summed E-state index contributed by atoms with van der Waals surface area (Å²) in [6.45, 7) is 7.08. The van der Waals surface area contributed by atoms with Crippen molar-refractivity contribution < 1.29 is 9.53 Å². The first-order valence-electron chi connectivity index (χ1n) is 6.79. The first-order chi connectivity index (χ1) is 9.04. The van der Waals surface area contributed by atoms with Crippen LogP contribution >= 0.6 is 0 Å². The summed E-state index contributed by atoms with van der Waals surface area (Å²) >= 11 is 0. The molecule has 1 N–H and O–H groups in total. The predicted molar refractivity (Wildman–Crippen MR) is 73.2 cm³/mol. The second-order valence-electron chi connectivity index (χ2n) is 5.43. The molecule has 1 aromatic heterocycles. The topological polar surface area (TPSA) is 64.1 Å². The molecule has 1 saturated carbocycles. The molecule has 1 aromatic rings. The summed E-state index contributed by atoms with van der Waals surface area (Å²) in [6, 6.07) is 0. The molecule has 1 aliphatic carbocycles. The third-order valence-electron chi connectivity index (χ3n) is 3.71. The summed E-state index contributed by atoms with van der Waals surface area (Å²) in [5.74, 6) is 0.219. The first kappa shape index (κ1) is 13.8. The molecule has 1 heterocycles. The predicted octanol–water partition coefficient (Wildman–Crippen LogP) is 2.56. The second-order valence-corrected chi connectivity index (χ2v) is 5.43. The van der Waals surface area contributed by atoms with Crippen molar-refractivity contribution in [2.24, 2.45) is 5.41 Å². The Balaban J connectivity index is 2.00. The van der Waals surface area contributed by atoms with Crippen molar-refractivity contribution >= 4 is 11.9 Å². The van der Waals surface area contributed by atoms with Gasteiger partial charge in [-0.2, -0.15) is 0 Å². The number of carbonyl (C=O) groups is 1. The Hall–Kier alpha value is -1.65. The SMILES string of the molecule is CCOC(=O)c1cnc(NCC2(C)CCC2)nc1C. The van der Waals surface area contributed by atoms with Gasteiger partial charge in [0.25, 0.3) is 0 Å².